The van der Waals surface area contributed by atoms with Crippen LogP contribution in [0.3, 0.4) is 0 Å². The van der Waals surface area contributed by atoms with Gasteiger partial charge in [0.2, 0.25) is 5.91 Å². The first kappa shape index (κ1) is 15.9. The number of nitrogens with zero attached hydrogens (tertiary/aromatic N) is 2. The van der Waals surface area contributed by atoms with E-state index in [1.54, 1.807) is 12.4 Å². The zero-order valence-corrected chi connectivity index (χ0v) is 13.8. The van der Waals surface area contributed by atoms with E-state index in [1.165, 1.54) is 11.1 Å². The lowest BCUT2D eigenvalue weighted by atomic mass is 10.0. The molecule has 0 radical (unpaired) electrons. The lowest BCUT2D eigenvalue weighted by Crippen LogP contribution is -2.13. The summed E-state index contributed by atoms with van der Waals surface area (Å²) in [6, 6.07) is 11.9. The van der Waals surface area contributed by atoms with E-state index in [4.69, 9.17) is 0 Å². The van der Waals surface area contributed by atoms with Crippen molar-refractivity contribution in [3.8, 4) is 11.3 Å². The van der Waals surface area contributed by atoms with Crippen molar-refractivity contribution in [3.05, 3.63) is 65.5 Å². The van der Waals surface area contributed by atoms with Crippen LogP contribution in [0.1, 0.15) is 23.1 Å². The minimum absolute atomic E-state index is 0.0220. The number of rotatable bonds is 5. The molecule has 5 nitrogen and oxygen atoms in total. The molecule has 0 atom stereocenters. The Bertz CT molecular complexity index is 840. The number of hydrogen-bond acceptors (Lipinski definition) is 3. The average molecular weight is 320 g/mol. The second kappa shape index (κ2) is 7.08. The van der Waals surface area contributed by atoms with Crippen LogP contribution in [-0.4, -0.2) is 21.1 Å². The predicted molar refractivity (Wildman–Crippen MR) is 94.7 cm³/mol. The number of amides is 1. The van der Waals surface area contributed by atoms with Crippen LogP contribution in [0.4, 0.5) is 5.82 Å². The molecule has 0 aliphatic heterocycles. The molecule has 0 unspecified atom stereocenters. The standard InChI is InChI=1S/C19H20N4O/c1-13-5-3-4-6-15(13)7-8-17(24)21-19-14(2)18(22-23-19)16-9-11-20-12-10-16/h3-6,9-12H,7-8H2,1-2H3,(H2,21,22,23,24). The highest BCUT2D eigenvalue weighted by Gasteiger charge is 2.13. The maximum Gasteiger partial charge on any atom is 0.225 e. The number of H-pyrrole nitrogens is 1. The van der Waals surface area contributed by atoms with Crippen molar-refractivity contribution in [2.75, 3.05) is 5.32 Å². The molecule has 0 saturated carbocycles. The molecule has 1 aromatic carbocycles. The number of nitrogens with one attached hydrogen (secondary N) is 2. The fraction of sp³-hybridized carbons (Fsp3) is 0.211. The van der Waals surface area contributed by atoms with Crippen LogP contribution in [0.5, 0.6) is 0 Å². The van der Waals surface area contributed by atoms with Crippen molar-refractivity contribution in [1.29, 1.82) is 0 Å². The maximum absolute atomic E-state index is 12.2. The van der Waals surface area contributed by atoms with E-state index in [0.29, 0.717) is 12.2 Å². The zero-order chi connectivity index (χ0) is 16.9. The van der Waals surface area contributed by atoms with Crippen LogP contribution in [0.2, 0.25) is 0 Å². The molecule has 122 valence electrons. The molecule has 0 aliphatic rings. The highest BCUT2D eigenvalue weighted by molar-refractivity contribution is 5.91. The Kier molecular flexibility index (Phi) is 4.70. The van der Waals surface area contributed by atoms with Crippen molar-refractivity contribution in [1.82, 2.24) is 15.2 Å². The topological polar surface area (TPSA) is 70.7 Å². The lowest BCUT2D eigenvalue weighted by Gasteiger charge is -2.06. The van der Waals surface area contributed by atoms with Gasteiger partial charge in [-0.25, -0.2) is 0 Å². The monoisotopic (exact) mass is 320 g/mol. The number of carbonyl (C=O) groups is 1. The fourth-order valence-electron chi connectivity index (χ4n) is 2.65. The van der Waals surface area contributed by atoms with Gasteiger partial charge in [0.1, 0.15) is 5.82 Å². The average Bonchev–Trinajstić information content (AvgIpc) is 2.96. The van der Waals surface area contributed by atoms with E-state index in [2.05, 4.69) is 39.6 Å². The van der Waals surface area contributed by atoms with Gasteiger partial charge in [0.15, 0.2) is 0 Å². The fourth-order valence-corrected chi connectivity index (χ4v) is 2.65. The Balaban J connectivity index is 1.65. The number of aromatic amines is 1. The minimum atomic E-state index is -0.0220. The summed E-state index contributed by atoms with van der Waals surface area (Å²) < 4.78 is 0. The molecule has 0 spiro atoms. The first-order valence-electron chi connectivity index (χ1n) is 7.95. The van der Waals surface area contributed by atoms with Crippen molar-refractivity contribution in [2.24, 2.45) is 0 Å². The molecule has 0 saturated heterocycles. The summed E-state index contributed by atoms with van der Waals surface area (Å²) in [6.45, 7) is 4.00. The summed E-state index contributed by atoms with van der Waals surface area (Å²) in [5, 5.41) is 10.1. The van der Waals surface area contributed by atoms with E-state index in [1.807, 2.05) is 31.2 Å². The lowest BCUT2D eigenvalue weighted by molar-refractivity contribution is -0.116. The number of pyridine rings is 1. The predicted octanol–water partition coefficient (Wildman–Crippen LogP) is 3.66. The summed E-state index contributed by atoms with van der Waals surface area (Å²) in [5.41, 5.74) is 5.13. The molecule has 0 aliphatic carbocycles. The van der Waals surface area contributed by atoms with Crippen LogP contribution in [0.15, 0.2) is 48.8 Å². The Hall–Kier alpha value is -2.95. The molecule has 24 heavy (non-hydrogen) atoms. The molecular weight excluding hydrogens is 300 g/mol. The second-order valence-corrected chi connectivity index (χ2v) is 5.78. The summed E-state index contributed by atoms with van der Waals surface area (Å²) >= 11 is 0. The van der Waals surface area contributed by atoms with E-state index in [9.17, 15) is 4.79 Å². The molecule has 5 heteroatoms. The summed E-state index contributed by atoms with van der Waals surface area (Å²) in [6.07, 6.45) is 4.62. The van der Waals surface area contributed by atoms with Crippen LogP contribution in [0, 0.1) is 13.8 Å². The van der Waals surface area contributed by atoms with Crippen molar-refractivity contribution in [2.45, 2.75) is 26.7 Å². The molecule has 1 amide bonds. The van der Waals surface area contributed by atoms with Crippen LogP contribution in [-0.2, 0) is 11.2 Å². The summed E-state index contributed by atoms with van der Waals surface area (Å²) in [7, 11) is 0. The van der Waals surface area contributed by atoms with Gasteiger partial charge in [-0.1, -0.05) is 24.3 Å². The van der Waals surface area contributed by atoms with E-state index >= 15 is 0 Å². The van der Waals surface area contributed by atoms with E-state index in [-0.39, 0.29) is 5.91 Å². The Morgan fingerprint density at radius 1 is 1.12 bits per heavy atom. The number of benzene rings is 1. The van der Waals surface area contributed by atoms with Crippen molar-refractivity contribution in [3.63, 3.8) is 0 Å². The van der Waals surface area contributed by atoms with Gasteiger partial charge >= 0.3 is 0 Å². The quantitative estimate of drug-likeness (QED) is 0.753. The first-order valence-corrected chi connectivity index (χ1v) is 7.95. The number of aromatic nitrogens is 3. The Labute approximate surface area is 141 Å². The van der Waals surface area contributed by atoms with Gasteiger partial charge in [0.25, 0.3) is 0 Å². The molecule has 2 N–H and O–H groups in total. The highest BCUT2D eigenvalue weighted by atomic mass is 16.1. The third-order valence-corrected chi connectivity index (χ3v) is 4.11. The smallest absolute Gasteiger partial charge is 0.225 e. The largest absolute Gasteiger partial charge is 0.311 e. The summed E-state index contributed by atoms with van der Waals surface area (Å²) in [5.74, 6) is 0.628. The van der Waals surface area contributed by atoms with Gasteiger partial charge in [-0.3, -0.25) is 14.9 Å². The molecule has 0 fully saturated rings. The van der Waals surface area contributed by atoms with Crippen LogP contribution >= 0.6 is 0 Å². The van der Waals surface area contributed by atoms with Gasteiger partial charge in [0.05, 0.1) is 5.69 Å². The van der Waals surface area contributed by atoms with Gasteiger partial charge in [-0.05, 0) is 43.5 Å². The second-order valence-electron chi connectivity index (χ2n) is 5.78. The molecular formula is C19H20N4O. The molecule has 3 rings (SSSR count). The van der Waals surface area contributed by atoms with Gasteiger partial charge in [-0.15, -0.1) is 0 Å². The van der Waals surface area contributed by atoms with Gasteiger partial charge < -0.3 is 5.32 Å². The number of carbonyl (C=O) groups excluding carboxylic acids is 1. The minimum Gasteiger partial charge on any atom is -0.311 e. The number of hydrogen-bond donors (Lipinski definition) is 2. The normalized spacial score (nSPS) is 10.6. The highest BCUT2D eigenvalue weighted by Crippen LogP contribution is 2.25. The zero-order valence-electron chi connectivity index (χ0n) is 13.8. The Morgan fingerprint density at radius 2 is 1.88 bits per heavy atom. The van der Waals surface area contributed by atoms with Crippen molar-refractivity contribution < 1.29 is 4.79 Å². The SMILES string of the molecule is Cc1ccccc1CCC(=O)Nc1[nH]nc(-c2ccncc2)c1C. The van der Waals surface area contributed by atoms with E-state index < -0.39 is 0 Å². The summed E-state index contributed by atoms with van der Waals surface area (Å²) in [4.78, 5) is 16.2. The van der Waals surface area contributed by atoms with Crippen LogP contribution < -0.4 is 5.32 Å². The van der Waals surface area contributed by atoms with Gasteiger partial charge in [-0.2, -0.15) is 5.10 Å². The van der Waals surface area contributed by atoms with Crippen molar-refractivity contribution >= 4 is 11.7 Å². The Morgan fingerprint density at radius 3 is 2.62 bits per heavy atom. The molecule has 0 bridgehead atoms. The number of aryl methyl sites for hydroxylation is 2. The number of anilines is 1. The molecule has 2 heterocycles. The van der Waals surface area contributed by atoms with E-state index in [0.717, 1.165) is 23.2 Å². The first-order chi connectivity index (χ1) is 11.6. The maximum atomic E-state index is 12.2. The van der Waals surface area contributed by atoms with Gasteiger partial charge in [0, 0.05) is 29.9 Å². The molecule has 3 aromatic rings. The third kappa shape index (κ3) is 3.51. The van der Waals surface area contributed by atoms with Crippen LogP contribution in [0.25, 0.3) is 11.3 Å². The third-order valence-electron chi connectivity index (χ3n) is 4.11. The molecule has 2 aromatic heterocycles.